The number of rotatable bonds is 5. The van der Waals surface area contributed by atoms with Gasteiger partial charge in [0.2, 0.25) is 0 Å². The molecule has 0 spiro atoms. The number of aryl methyl sites for hydroxylation is 2. The summed E-state index contributed by atoms with van der Waals surface area (Å²) in [5.41, 5.74) is 4.35. The van der Waals surface area contributed by atoms with Crippen LogP contribution in [-0.2, 0) is 30.1 Å². The minimum atomic E-state index is -0.738. The van der Waals surface area contributed by atoms with E-state index >= 15 is 0 Å². The Balaban J connectivity index is 1.81. The molecule has 0 radical (unpaired) electrons. The SMILES string of the molecule is CCCN(CCC)C1CCc2cc3c(cc2C1)S(=O)CC3. The molecule has 1 aliphatic carbocycles. The quantitative estimate of drug-likeness (QED) is 0.831. The van der Waals surface area contributed by atoms with Crippen LogP contribution in [0, 0.1) is 0 Å². The lowest BCUT2D eigenvalue weighted by Crippen LogP contribution is -2.40. The number of hydrogen-bond donors (Lipinski definition) is 0. The molecule has 0 N–H and O–H groups in total. The molecule has 2 aliphatic rings. The van der Waals surface area contributed by atoms with E-state index in [1.807, 2.05) is 0 Å². The second-order valence-corrected chi connectivity index (χ2v) is 8.00. The summed E-state index contributed by atoms with van der Waals surface area (Å²) < 4.78 is 12.1. The standard InChI is InChI=1S/C18H27NOS/c1-3-8-19(9-4-2)17-6-5-14-11-15-7-10-21(20)18(15)13-16(14)12-17/h11,13,17H,3-10,12H2,1-2H3. The van der Waals surface area contributed by atoms with Gasteiger partial charge in [-0.15, -0.1) is 0 Å². The third-order valence-corrected chi connectivity index (χ3v) is 6.37. The van der Waals surface area contributed by atoms with Gasteiger partial charge in [-0.3, -0.25) is 4.21 Å². The molecule has 1 aromatic carbocycles. The maximum atomic E-state index is 12.1. The van der Waals surface area contributed by atoms with Crippen molar-refractivity contribution in [2.75, 3.05) is 18.8 Å². The number of fused-ring (bicyclic) bond motifs is 2. The Morgan fingerprint density at radius 1 is 1.10 bits per heavy atom. The van der Waals surface area contributed by atoms with Gasteiger partial charge in [-0.1, -0.05) is 19.9 Å². The smallest absolute Gasteiger partial charge is 0.0535 e. The summed E-state index contributed by atoms with van der Waals surface area (Å²) in [5.74, 6) is 0.833. The summed E-state index contributed by atoms with van der Waals surface area (Å²) in [6.45, 7) is 6.97. The van der Waals surface area contributed by atoms with E-state index in [0.717, 1.165) is 23.5 Å². The molecule has 2 unspecified atom stereocenters. The topological polar surface area (TPSA) is 20.3 Å². The Hall–Kier alpha value is -0.670. The first-order chi connectivity index (χ1) is 10.2. The molecule has 0 saturated heterocycles. The van der Waals surface area contributed by atoms with Crippen molar-refractivity contribution >= 4 is 10.8 Å². The average Bonchev–Trinajstić information content (AvgIpc) is 2.85. The van der Waals surface area contributed by atoms with Crippen molar-refractivity contribution in [2.45, 2.75) is 63.3 Å². The van der Waals surface area contributed by atoms with Gasteiger partial charge in [-0.05, 0) is 74.4 Å². The first-order valence-corrected chi connectivity index (χ1v) is 9.82. The van der Waals surface area contributed by atoms with E-state index in [0.29, 0.717) is 6.04 Å². The van der Waals surface area contributed by atoms with Gasteiger partial charge in [0.1, 0.15) is 0 Å². The first-order valence-electron chi connectivity index (χ1n) is 8.50. The second kappa shape index (κ2) is 6.62. The van der Waals surface area contributed by atoms with Crippen molar-refractivity contribution < 1.29 is 4.21 Å². The lowest BCUT2D eigenvalue weighted by Gasteiger charge is -2.35. The number of hydrogen-bond acceptors (Lipinski definition) is 2. The van der Waals surface area contributed by atoms with E-state index in [4.69, 9.17) is 0 Å². The van der Waals surface area contributed by atoms with Crippen molar-refractivity contribution in [3.05, 3.63) is 28.8 Å². The minimum absolute atomic E-state index is 0.685. The fourth-order valence-corrected chi connectivity index (χ4v) is 5.25. The first kappa shape index (κ1) is 15.2. The Morgan fingerprint density at radius 3 is 2.57 bits per heavy atom. The van der Waals surface area contributed by atoms with Gasteiger partial charge in [-0.2, -0.15) is 0 Å². The van der Waals surface area contributed by atoms with Gasteiger partial charge < -0.3 is 4.90 Å². The molecule has 1 aromatic rings. The Morgan fingerprint density at radius 2 is 1.86 bits per heavy atom. The Labute approximate surface area is 131 Å². The van der Waals surface area contributed by atoms with Gasteiger partial charge in [0, 0.05) is 16.7 Å². The molecule has 3 heteroatoms. The molecule has 0 amide bonds. The second-order valence-electron chi connectivity index (χ2n) is 6.46. The summed E-state index contributed by atoms with van der Waals surface area (Å²) in [5, 5.41) is 0. The zero-order chi connectivity index (χ0) is 14.8. The Bertz CT molecular complexity index is 534. The summed E-state index contributed by atoms with van der Waals surface area (Å²) in [7, 11) is -0.738. The molecule has 0 bridgehead atoms. The van der Waals surface area contributed by atoms with Crippen molar-refractivity contribution in [2.24, 2.45) is 0 Å². The largest absolute Gasteiger partial charge is 0.300 e. The molecule has 1 aliphatic heterocycles. The van der Waals surface area contributed by atoms with E-state index in [-0.39, 0.29) is 0 Å². The zero-order valence-corrected chi connectivity index (χ0v) is 14.2. The molecule has 0 saturated carbocycles. The van der Waals surface area contributed by atoms with Gasteiger partial charge in [-0.25, -0.2) is 0 Å². The third-order valence-electron chi connectivity index (χ3n) is 4.93. The molecule has 21 heavy (non-hydrogen) atoms. The molecular weight excluding hydrogens is 278 g/mol. The lowest BCUT2D eigenvalue weighted by atomic mass is 9.86. The maximum Gasteiger partial charge on any atom is 0.0535 e. The minimum Gasteiger partial charge on any atom is -0.300 e. The van der Waals surface area contributed by atoms with Crippen LogP contribution in [-0.4, -0.2) is 34.0 Å². The van der Waals surface area contributed by atoms with Crippen LogP contribution >= 0.6 is 0 Å². The lowest BCUT2D eigenvalue weighted by molar-refractivity contribution is 0.180. The Kier molecular flexibility index (Phi) is 4.80. The monoisotopic (exact) mass is 305 g/mol. The summed E-state index contributed by atoms with van der Waals surface area (Å²) in [4.78, 5) is 3.81. The van der Waals surface area contributed by atoms with Crippen molar-refractivity contribution in [3.8, 4) is 0 Å². The fraction of sp³-hybridized carbons (Fsp3) is 0.667. The summed E-state index contributed by atoms with van der Waals surface area (Å²) in [6, 6.07) is 5.32. The fourth-order valence-electron chi connectivity index (χ4n) is 3.90. The van der Waals surface area contributed by atoms with Crippen LogP contribution in [0.25, 0.3) is 0 Å². The highest BCUT2D eigenvalue weighted by Crippen LogP contribution is 2.32. The van der Waals surface area contributed by atoms with Crippen LogP contribution in [0.1, 0.15) is 49.8 Å². The van der Waals surface area contributed by atoms with Crippen molar-refractivity contribution in [1.29, 1.82) is 0 Å². The maximum absolute atomic E-state index is 12.1. The van der Waals surface area contributed by atoms with Crippen LogP contribution in [0.2, 0.25) is 0 Å². The van der Waals surface area contributed by atoms with E-state index in [2.05, 4.69) is 30.9 Å². The van der Waals surface area contributed by atoms with Crippen molar-refractivity contribution in [1.82, 2.24) is 4.90 Å². The summed E-state index contributed by atoms with van der Waals surface area (Å²) in [6.07, 6.45) is 7.12. The highest BCUT2D eigenvalue weighted by atomic mass is 32.2. The predicted molar refractivity (Wildman–Crippen MR) is 89.4 cm³/mol. The van der Waals surface area contributed by atoms with Crippen LogP contribution in [0.4, 0.5) is 0 Å². The van der Waals surface area contributed by atoms with Crippen LogP contribution in [0.3, 0.4) is 0 Å². The van der Waals surface area contributed by atoms with Crippen molar-refractivity contribution in [3.63, 3.8) is 0 Å². The average molecular weight is 305 g/mol. The normalized spacial score (nSPS) is 24.1. The molecule has 1 heterocycles. The zero-order valence-electron chi connectivity index (χ0n) is 13.4. The molecule has 0 aromatic heterocycles. The highest BCUT2D eigenvalue weighted by Gasteiger charge is 2.27. The molecule has 2 atom stereocenters. The van der Waals surface area contributed by atoms with Gasteiger partial charge in [0.25, 0.3) is 0 Å². The van der Waals surface area contributed by atoms with Gasteiger partial charge >= 0.3 is 0 Å². The van der Waals surface area contributed by atoms with Gasteiger partial charge in [0.05, 0.1) is 10.8 Å². The predicted octanol–water partition coefficient (Wildman–Crippen LogP) is 3.33. The van der Waals surface area contributed by atoms with E-state index in [1.54, 1.807) is 0 Å². The molecule has 3 rings (SSSR count). The number of benzene rings is 1. The van der Waals surface area contributed by atoms with E-state index in [1.165, 1.54) is 55.5 Å². The van der Waals surface area contributed by atoms with Gasteiger partial charge in [0.15, 0.2) is 0 Å². The summed E-state index contributed by atoms with van der Waals surface area (Å²) >= 11 is 0. The number of nitrogens with zero attached hydrogens (tertiary/aromatic N) is 1. The third kappa shape index (κ3) is 3.09. The highest BCUT2D eigenvalue weighted by molar-refractivity contribution is 7.85. The van der Waals surface area contributed by atoms with Crippen LogP contribution < -0.4 is 0 Å². The molecule has 116 valence electrons. The van der Waals surface area contributed by atoms with Crippen LogP contribution in [0.5, 0.6) is 0 Å². The van der Waals surface area contributed by atoms with E-state index in [9.17, 15) is 4.21 Å². The van der Waals surface area contributed by atoms with Crippen LogP contribution in [0.15, 0.2) is 17.0 Å². The molecule has 2 nitrogen and oxygen atoms in total. The molecule has 0 fully saturated rings. The molecular formula is C18H27NOS. The van der Waals surface area contributed by atoms with E-state index < -0.39 is 10.8 Å².